The molecule has 2 unspecified atom stereocenters. The number of carbonyl (C=O) groups is 1. The minimum absolute atomic E-state index is 0.153. The van der Waals surface area contributed by atoms with Gasteiger partial charge in [0.15, 0.2) is 0 Å². The fourth-order valence-corrected chi connectivity index (χ4v) is 3.10. The van der Waals surface area contributed by atoms with E-state index in [0.29, 0.717) is 12.8 Å². The molecule has 1 rings (SSSR count). The van der Waals surface area contributed by atoms with Crippen LogP contribution in [0.25, 0.3) is 0 Å². The second-order valence-corrected chi connectivity index (χ2v) is 8.93. The molecule has 6 nitrogen and oxygen atoms in total. The van der Waals surface area contributed by atoms with E-state index < -0.39 is 28.4 Å². The van der Waals surface area contributed by atoms with Crippen molar-refractivity contribution in [2.75, 3.05) is 6.26 Å². The van der Waals surface area contributed by atoms with Crippen LogP contribution in [0.2, 0.25) is 0 Å². The summed E-state index contributed by atoms with van der Waals surface area (Å²) in [5.74, 6) is 0. The van der Waals surface area contributed by atoms with Gasteiger partial charge in [-0.15, -0.1) is 0 Å². The largest absolute Gasteiger partial charge is 0.445 e. The number of alkyl carbamates (subject to hydrolysis) is 1. The predicted octanol–water partition coefficient (Wildman–Crippen LogP) is 3.47. The van der Waals surface area contributed by atoms with E-state index in [1.165, 1.54) is 0 Å². The molecule has 0 aromatic heterocycles. The molecule has 0 aliphatic rings. The second-order valence-electron chi connectivity index (χ2n) is 7.32. The summed E-state index contributed by atoms with van der Waals surface area (Å²) in [5, 5.41) is 2.73. The molecule has 0 heterocycles. The van der Waals surface area contributed by atoms with Gasteiger partial charge in [0.2, 0.25) is 0 Å². The van der Waals surface area contributed by atoms with Crippen LogP contribution < -0.4 is 5.32 Å². The number of ether oxygens (including phenoxy) is 1. The topological polar surface area (TPSA) is 81.7 Å². The summed E-state index contributed by atoms with van der Waals surface area (Å²) in [7, 11) is -3.63. The molecule has 1 amide bonds. The zero-order chi connectivity index (χ0) is 19.1. The molecule has 0 aliphatic carbocycles. The minimum atomic E-state index is -3.63. The first kappa shape index (κ1) is 21.4. The molecule has 25 heavy (non-hydrogen) atoms. The highest BCUT2D eigenvalue weighted by Gasteiger charge is 2.30. The van der Waals surface area contributed by atoms with E-state index in [-0.39, 0.29) is 12.0 Å². The molecule has 0 bridgehead atoms. The van der Waals surface area contributed by atoms with Gasteiger partial charge in [-0.1, -0.05) is 58.0 Å². The highest BCUT2D eigenvalue weighted by molar-refractivity contribution is 7.86. The quantitative estimate of drug-likeness (QED) is 0.708. The molecule has 0 spiro atoms. The van der Waals surface area contributed by atoms with E-state index in [1.807, 2.05) is 58.0 Å². The number of benzene rings is 1. The van der Waals surface area contributed by atoms with Crippen molar-refractivity contribution in [1.29, 1.82) is 0 Å². The first-order chi connectivity index (χ1) is 11.5. The van der Waals surface area contributed by atoms with Crippen molar-refractivity contribution in [1.82, 2.24) is 5.32 Å². The van der Waals surface area contributed by atoms with Gasteiger partial charge in [0.1, 0.15) is 6.61 Å². The number of amides is 1. The maximum Gasteiger partial charge on any atom is 0.407 e. The highest BCUT2D eigenvalue weighted by atomic mass is 32.2. The molecule has 0 radical (unpaired) electrons. The number of nitrogens with one attached hydrogen (secondary N) is 1. The summed E-state index contributed by atoms with van der Waals surface area (Å²) in [6, 6.07) is 8.88. The van der Waals surface area contributed by atoms with Crippen LogP contribution in [-0.4, -0.2) is 32.9 Å². The normalized spacial score (nSPS) is 14.6. The van der Waals surface area contributed by atoms with Gasteiger partial charge in [-0.3, -0.25) is 4.18 Å². The maximum absolute atomic E-state index is 12.1. The van der Waals surface area contributed by atoms with Crippen LogP contribution in [0.1, 0.15) is 46.1 Å². The van der Waals surface area contributed by atoms with Crippen LogP contribution in [0, 0.1) is 5.41 Å². The van der Waals surface area contributed by atoms with Crippen LogP contribution in [-0.2, 0) is 25.6 Å². The monoisotopic (exact) mass is 371 g/mol. The van der Waals surface area contributed by atoms with E-state index in [0.717, 1.165) is 11.8 Å². The fraction of sp³-hybridized carbons (Fsp3) is 0.611. The van der Waals surface area contributed by atoms with Crippen LogP contribution in [0.3, 0.4) is 0 Å². The lowest BCUT2D eigenvalue weighted by Crippen LogP contribution is -2.46. The molecule has 142 valence electrons. The Morgan fingerprint density at radius 1 is 1.20 bits per heavy atom. The van der Waals surface area contributed by atoms with E-state index in [1.54, 1.807) is 0 Å². The van der Waals surface area contributed by atoms with E-state index >= 15 is 0 Å². The van der Waals surface area contributed by atoms with Crippen LogP contribution in [0.4, 0.5) is 4.79 Å². The van der Waals surface area contributed by atoms with Gasteiger partial charge in [0.25, 0.3) is 10.1 Å². The van der Waals surface area contributed by atoms with Crippen molar-refractivity contribution in [2.45, 2.75) is 59.3 Å². The number of rotatable bonds is 8. The first-order valence-electron chi connectivity index (χ1n) is 8.35. The molecule has 7 heteroatoms. The summed E-state index contributed by atoms with van der Waals surface area (Å²) >= 11 is 0. The Morgan fingerprint density at radius 2 is 1.80 bits per heavy atom. The van der Waals surface area contributed by atoms with Crippen molar-refractivity contribution in [2.24, 2.45) is 5.41 Å². The smallest absolute Gasteiger partial charge is 0.407 e. The predicted molar refractivity (Wildman–Crippen MR) is 97.6 cm³/mol. The molecule has 0 fully saturated rings. The summed E-state index contributed by atoms with van der Waals surface area (Å²) < 4.78 is 33.6. The first-order valence-corrected chi connectivity index (χ1v) is 10.2. The fourth-order valence-electron chi connectivity index (χ4n) is 2.45. The van der Waals surface area contributed by atoms with Crippen molar-refractivity contribution in [3.63, 3.8) is 0 Å². The molecule has 0 saturated carbocycles. The maximum atomic E-state index is 12.1. The van der Waals surface area contributed by atoms with Gasteiger partial charge in [0.05, 0.1) is 18.4 Å². The SMILES string of the molecule is CCC(NC(=O)OCc1ccccc1)C(CC(C)(C)C)OS(C)(=O)=O. The third-order valence-corrected chi connectivity index (χ3v) is 4.11. The third-order valence-electron chi connectivity index (χ3n) is 3.52. The van der Waals surface area contributed by atoms with Gasteiger partial charge < -0.3 is 10.1 Å². The van der Waals surface area contributed by atoms with Gasteiger partial charge in [-0.05, 0) is 23.8 Å². The molecular weight excluding hydrogens is 342 g/mol. The van der Waals surface area contributed by atoms with Crippen LogP contribution in [0.15, 0.2) is 30.3 Å². The van der Waals surface area contributed by atoms with Crippen molar-refractivity contribution in [3.05, 3.63) is 35.9 Å². The molecule has 0 aliphatic heterocycles. The van der Waals surface area contributed by atoms with E-state index in [2.05, 4.69) is 5.32 Å². The Morgan fingerprint density at radius 3 is 2.28 bits per heavy atom. The molecular formula is C18H29NO5S. The summed E-state index contributed by atoms with van der Waals surface area (Å²) in [5.41, 5.74) is 0.725. The van der Waals surface area contributed by atoms with Gasteiger partial charge in [0, 0.05) is 0 Å². The van der Waals surface area contributed by atoms with Crippen molar-refractivity contribution >= 4 is 16.2 Å². The van der Waals surface area contributed by atoms with E-state index in [9.17, 15) is 13.2 Å². The number of hydrogen-bond donors (Lipinski definition) is 1. The number of carbonyl (C=O) groups excluding carboxylic acids is 1. The average molecular weight is 371 g/mol. The lowest BCUT2D eigenvalue weighted by molar-refractivity contribution is 0.0930. The van der Waals surface area contributed by atoms with Crippen LogP contribution in [0.5, 0.6) is 0 Å². The molecule has 1 N–H and O–H groups in total. The number of hydrogen-bond acceptors (Lipinski definition) is 5. The Kier molecular flexibility index (Phi) is 7.89. The molecule has 1 aromatic rings. The standard InChI is InChI=1S/C18H29NO5S/c1-6-15(16(12-18(2,3)4)24-25(5,21)22)19-17(20)23-13-14-10-8-7-9-11-14/h7-11,15-16H,6,12-13H2,1-5H3,(H,19,20). The lowest BCUT2D eigenvalue weighted by atomic mass is 9.86. The third kappa shape index (κ3) is 9.45. The van der Waals surface area contributed by atoms with Crippen molar-refractivity contribution < 1.29 is 22.1 Å². The summed E-state index contributed by atoms with van der Waals surface area (Å²) in [6.07, 6.45) is 0.785. The zero-order valence-corrected chi connectivity index (χ0v) is 16.4. The zero-order valence-electron chi connectivity index (χ0n) is 15.6. The Balaban J connectivity index is 2.72. The summed E-state index contributed by atoms with van der Waals surface area (Å²) in [6.45, 7) is 7.99. The molecule has 1 aromatic carbocycles. The Bertz CT molecular complexity index is 637. The van der Waals surface area contributed by atoms with Gasteiger partial charge >= 0.3 is 6.09 Å². The lowest BCUT2D eigenvalue weighted by Gasteiger charge is -2.31. The Hall–Kier alpha value is -1.60. The van der Waals surface area contributed by atoms with E-state index in [4.69, 9.17) is 8.92 Å². The molecule has 2 atom stereocenters. The minimum Gasteiger partial charge on any atom is -0.445 e. The highest BCUT2D eigenvalue weighted by Crippen LogP contribution is 2.26. The van der Waals surface area contributed by atoms with Crippen molar-refractivity contribution in [3.8, 4) is 0 Å². The van der Waals surface area contributed by atoms with Crippen LogP contribution >= 0.6 is 0 Å². The summed E-state index contributed by atoms with van der Waals surface area (Å²) in [4.78, 5) is 12.1. The Labute approximate surface area is 151 Å². The average Bonchev–Trinajstić information content (AvgIpc) is 2.48. The molecule has 0 saturated heterocycles. The van der Waals surface area contributed by atoms with Gasteiger partial charge in [-0.25, -0.2) is 4.79 Å². The second kappa shape index (κ2) is 9.20. The van der Waals surface area contributed by atoms with Gasteiger partial charge in [-0.2, -0.15) is 8.42 Å².